The molecule has 0 atom stereocenters. The highest BCUT2D eigenvalue weighted by atomic mass is 15.3. The first-order valence-electron chi connectivity index (χ1n) is 8.69. The zero-order chi connectivity index (χ0) is 17.2. The number of nitrogens with zero attached hydrogens (tertiary/aromatic N) is 6. The fraction of sp³-hybridized carbons (Fsp3) is 0.368. The SMILES string of the molecule is CC(C)n1cc(CN2CCc3nc(-c4ccncc4)ncc3C2)cn1. The summed E-state index contributed by atoms with van der Waals surface area (Å²) < 4.78 is 2.01. The lowest BCUT2D eigenvalue weighted by atomic mass is 10.1. The van der Waals surface area contributed by atoms with Crippen LogP contribution in [0.3, 0.4) is 0 Å². The predicted octanol–water partition coefficient (Wildman–Crippen LogP) is 2.87. The Hall–Kier alpha value is -2.60. The number of hydrogen-bond donors (Lipinski definition) is 0. The van der Waals surface area contributed by atoms with E-state index >= 15 is 0 Å². The summed E-state index contributed by atoms with van der Waals surface area (Å²) in [4.78, 5) is 15.8. The predicted molar refractivity (Wildman–Crippen MR) is 95.7 cm³/mol. The molecule has 6 nitrogen and oxygen atoms in total. The molecule has 0 spiro atoms. The van der Waals surface area contributed by atoms with Crippen LogP contribution in [0.2, 0.25) is 0 Å². The van der Waals surface area contributed by atoms with Crippen LogP contribution in [0.15, 0.2) is 43.1 Å². The van der Waals surface area contributed by atoms with E-state index in [1.165, 1.54) is 11.1 Å². The number of hydrogen-bond acceptors (Lipinski definition) is 5. The van der Waals surface area contributed by atoms with Crippen LogP contribution < -0.4 is 0 Å². The highest BCUT2D eigenvalue weighted by molar-refractivity contribution is 5.54. The monoisotopic (exact) mass is 334 g/mol. The van der Waals surface area contributed by atoms with Gasteiger partial charge in [-0.1, -0.05) is 0 Å². The molecule has 3 aromatic rings. The largest absolute Gasteiger partial charge is 0.294 e. The first-order chi connectivity index (χ1) is 12.2. The molecular formula is C19H22N6. The Labute approximate surface area is 147 Å². The quantitative estimate of drug-likeness (QED) is 0.734. The molecule has 0 radical (unpaired) electrons. The summed E-state index contributed by atoms with van der Waals surface area (Å²) in [6, 6.07) is 4.29. The average Bonchev–Trinajstić information content (AvgIpc) is 3.11. The average molecular weight is 334 g/mol. The molecule has 0 N–H and O–H groups in total. The van der Waals surface area contributed by atoms with E-state index < -0.39 is 0 Å². The molecular weight excluding hydrogens is 312 g/mol. The van der Waals surface area contributed by atoms with Gasteiger partial charge in [-0.3, -0.25) is 14.6 Å². The Morgan fingerprint density at radius 3 is 2.76 bits per heavy atom. The third-order valence-corrected chi connectivity index (χ3v) is 4.54. The molecule has 6 heteroatoms. The maximum Gasteiger partial charge on any atom is 0.159 e. The van der Waals surface area contributed by atoms with Gasteiger partial charge in [0, 0.05) is 73.6 Å². The van der Waals surface area contributed by atoms with Gasteiger partial charge in [0.25, 0.3) is 0 Å². The van der Waals surface area contributed by atoms with Crippen molar-refractivity contribution in [3.05, 3.63) is 59.9 Å². The van der Waals surface area contributed by atoms with E-state index in [2.05, 4.69) is 40.0 Å². The lowest BCUT2D eigenvalue weighted by molar-refractivity contribution is 0.243. The Morgan fingerprint density at radius 1 is 1.16 bits per heavy atom. The minimum absolute atomic E-state index is 0.399. The molecule has 1 aliphatic rings. The maximum atomic E-state index is 4.77. The third kappa shape index (κ3) is 3.44. The lowest BCUT2D eigenvalue weighted by Gasteiger charge is -2.27. The van der Waals surface area contributed by atoms with Gasteiger partial charge in [0.1, 0.15) is 0 Å². The summed E-state index contributed by atoms with van der Waals surface area (Å²) in [6.45, 7) is 7.10. The van der Waals surface area contributed by atoms with Crippen LogP contribution in [-0.2, 0) is 19.5 Å². The molecule has 4 heterocycles. The van der Waals surface area contributed by atoms with E-state index in [0.29, 0.717) is 6.04 Å². The molecule has 4 rings (SSSR count). The van der Waals surface area contributed by atoms with Gasteiger partial charge in [0.15, 0.2) is 5.82 Å². The van der Waals surface area contributed by atoms with E-state index in [1.807, 2.05) is 29.2 Å². The minimum Gasteiger partial charge on any atom is -0.294 e. The van der Waals surface area contributed by atoms with Gasteiger partial charge in [0.2, 0.25) is 0 Å². The molecule has 1 aliphatic heterocycles. The Bertz CT molecular complexity index is 855. The summed E-state index contributed by atoms with van der Waals surface area (Å²) in [5.41, 5.74) is 4.66. The topological polar surface area (TPSA) is 59.7 Å². The first kappa shape index (κ1) is 15.9. The summed E-state index contributed by atoms with van der Waals surface area (Å²) in [7, 11) is 0. The minimum atomic E-state index is 0.399. The van der Waals surface area contributed by atoms with Crippen molar-refractivity contribution >= 4 is 0 Å². The van der Waals surface area contributed by atoms with E-state index in [-0.39, 0.29) is 0 Å². The van der Waals surface area contributed by atoms with Crippen molar-refractivity contribution in [2.75, 3.05) is 6.54 Å². The smallest absolute Gasteiger partial charge is 0.159 e. The van der Waals surface area contributed by atoms with Crippen LogP contribution in [0.4, 0.5) is 0 Å². The van der Waals surface area contributed by atoms with Crippen molar-refractivity contribution in [1.82, 2.24) is 29.6 Å². The van der Waals surface area contributed by atoms with Crippen LogP contribution in [0.25, 0.3) is 11.4 Å². The van der Waals surface area contributed by atoms with Crippen molar-refractivity contribution in [3.63, 3.8) is 0 Å². The number of fused-ring (bicyclic) bond motifs is 1. The summed E-state index contributed by atoms with van der Waals surface area (Å²) >= 11 is 0. The van der Waals surface area contributed by atoms with Crippen molar-refractivity contribution in [3.8, 4) is 11.4 Å². The highest BCUT2D eigenvalue weighted by Crippen LogP contribution is 2.22. The van der Waals surface area contributed by atoms with Crippen molar-refractivity contribution in [2.24, 2.45) is 0 Å². The van der Waals surface area contributed by atoms with Crippen LogP contribution in [0, 0.1) is 0 Å². The zero-order valence-electron chi connectivity index (χ0n) is 14.6. The molecule has 0 saturated heterocycles. The molecule has 0 aromatic carbocycles. The maximum absolute atomic E-state index is 4.77. The fourth-order valence-electron chi connectivity index (χ4n) is 3.15. The molecule has 0 amide bonds. The normalized spacial score (nSPS) is 14.7. The summed E-state index contributed by atoms with van der Waals surface area (Å²) in [5.74, 6) is 0.785. The van der Waals surface area contributed by atoms with Gasteiger partial charge in [-0.2, -0.15) is 5.10 Å². The Balaban J connectivity index is 1.48. The van der Waals surface area contributed by atoms with Crippen molar-refractivity contribution in [2.45, 2.75) is 39.4 Å². The molecule has 128 valence electrons. The van der Waals surface area contributed by atoms with E-state index in [1.54, 1.807) is 12.4 Å². The standard InChI is InChI=1S/C19H22N6/c1-14(2)25-12-15(9-22-25)11-24-8-5-18-17(13-24)10-21-19(23-18)16-3-6-20-7-4-16/h3-4,6-7,9-10,12,14H,5,8,11,13H2,1-2H3. The van der Waals surface area contributed by atoms with Crippen LogP contribution >= 0.6 is 0 Å². The van der Waals surface area contributed by atoms with Gasteiger partial charge in [-0.05, 0) is 26.0 Å². The van der Waals surface area contributed by atoms with E-state index in [4.69, 9.17) is 4.98 Å². The first-order valence-corrected chi connectivity index (χ1v) is 8.69. The molecule has 0 bridgehead atoms. The van der Waals surface area contributed by atoms with Crippen LogP contribution in [-0.4, -0.2) is 36.2 Å². The second kappa shape index (κ2) is 6.72. The highest BCUT2D eigenvalue weighted by Gasteiger charge is 2.19. The molecule has 3 aromatic heterocycles. The Morgan fingerprint density at radius 2 is 2.00 bits per heavy atom. The van der Waals surface area contributed by atoms with Crippen LogP contribution in [0.5, 0.6) is 0 Å². The van der Waals surface area contributed by atoms with E-state index in [0.717, 1.165) is 43.1 Å². The number of rotatable bonds is 4. The fourth-order valence-corrected chi connectivity index (χ4v) is 3.15. The van der Waals surface area contributed by atoms with Gasteiger partial charge < -0.3 is 0 Å². The number of pyridine rings is 1. The van der Waals surface area contributed by atoms with Gasteiger partial charge in [0.05, 0.1) is 11.9 Å². The summed E-state index contributed by atoms with van der Waals surface area (Å²) in [5, 5.41) is 4.43. The van der Waals surface area contributed by atoms with Gasteiger partial charge in [-0.15, -0.1) is 0 Å². The zero-order valence-corrected chi connectivity index (χ0v) is 14.6. The second-order valence-corrected chi connectivity index (χ2v) is 6.78. The summed E-state index contributed by atoms with van der Waals surface area (Å²) in [6.07, 6.45) is 10.6. The van der Waals surface area contributed by atoms with Gasteiger partial charge in [-0.25, -0.2) is 9.97 Å². The van der Waals surface area contributed by atoms with Crippen molar-refractivity contribution in [1.29, 1.82) is 0 Å². The van der Waals surface area contributed by atoms with Gasteiger partial charge >= 0.3 is 0 Å². The molecule has 25 heavy (non-hydrogen) atoms. The Kier molecular flexibility index (Phi) is 4.28. The molecule has 0 unspecified atom stereocenters. The number of aromatic nitrogens is 5. The third-order valence-electron chi connectivity index (χ3n) is 4.54. The van der Waals surface area contributed by atoms with Crippen LogP contribution in [0.1, 0.15) is 36.7 Å². The molecule has 0 fully saturated rings. The molecule has 0 aliphatic carbocycles. The second-order valence-electron chi connectivity index (χ2n) is 6.78. The van der Waals surface area contributed by atoms with Crippen molar-refractivity contribution < 1.29 is 0 Å². The van der Waals surface area contributed by atoms with E-state index in [9.17, 15) is 0 Å². The molecule has 0 saturated carbocycles. The lowest BCUT2D eigenvalue weighted by Crippen LogP contribution is -2.30.